The number of nitrogens with zero attached hydrogens (tertiary/aromatic N) is 4. The Hall–Kier alpha value is -1.71. The Morgan fingerprint density at radius 1 is 1.61 bits per heavy atom. The highest BCUT2D eigenvalue weighted by molar-refractivity contribution is 5.39. The molecule has 2 heterocycles. The number of nitriles is 1. The maximum absolute atomic E-state index is 9.39. The van der Waals surface area contributed by atoms with E-state index in [1.165, 1.54) is 0 Å². The average molecular weight is 248 g/mol. The van der Waals surface area contributed by atoms with E-state index in [9.17, 15) is 5.11 Å². The molecule has 0 unspecified atom stereocenters. The van der Waals surface area contributed by atoms with Gasteiger partial charge in [-0.2, -0.15) is 5.26 Å². The second-order valence-electron chi connectivity index (χ2n) is 4.39. The van der Waals surface area contributed by atoms with Gasteiger partial charge in [0.05, 0.1) is 18.8 Å². The quantitative estimate of drug-likeness (QED) is 0.825. The van der Waals surface area contributed by atoms with Gasteiger partial charge in [0, 0.05) is 19.3 Å². The summed E-state index contributed by atoms with van der Waals surface area (Å²) in [6.45, 7) is 2.49. The summed E-state index contributed by atoms with van der Waals surface area (Å²) in [7, 11) is 1.65. The molecule has 0 bridgehead atoms. The molecule has 6 heteroatoms. The summed E-state index contributed by atoms with van der Waals surface area (Å²) < 4.78 is 5.31. The van der Waals surface area contributed by atoms with Crippen LogP contribution in [0.4, 0.5) is 5.95 Å². The van der Waals surface area contributed by atoms with Crippen LogP contribution in [0.15, 0.2) is 6.07 Å². The predicted octanol–water partition coefficient (Wildman–Crippen LogP) is 0.243. The van der Waals surface area contributed by atoms with Crippen LogP contribution in [0, 0.1) is 18.3 Å². The van der Waals surface area contributed by atoms with E-state index in [0.29, 0.717) is 18.2 Å². The number of aliphatic hydroxyl groups excluding tert-OH is 1. The molecule has 6 nitrogen and oxygen atoms in total. The Balaban J connectivity index is 2.30. The first-order valence-electron chi connectivity index (χ1n) is 5.84. The lowest BCUT2D eigenvalue weighted by molar-refractivity contribution is 0.115. The first kappa shape index (κ1) is 12.7. The zero-order valence-electron chi connectivity index (χ0n) is 10.5. The van der Waals surface area contributed by atoms with Gasteiger partial charge >= 0.3 is 0 Å². The second kappa shape index (κ2) is 5.29. The third kappa shape index (κ3) is 2.42. The molecular weight excluding hydrogens is 232 g/mol. The maximum Gasteiger partial charge on any atom is 0.227 e. The van der Waals surface area contributed by atoms with Gasteiger partial charge in [-0.15, -0.1) is 0 Å². The van der Waals surface area contributed by atoms with Gasteiger partial charge in [-0.25, -0.2) is 9.97 Å². The van der Waals surface area contributed by atoms with Gasteiger partial charge < -0.3 is 14.7 Å². The molecular formula is C12H16N4O2. The summed E-state index contributed by atoms with van der Waals surface area (Å²) in [5.41, 5.74) is 1.09. The number of ether oxygens (including phenoxy) is 1. The maximum atomic E-state index is 9.39. The van der Waals surface area contributed by atoms with Crippen LogP contribution in [0.1, 0.15) is 17.8 Å². The van der Waals surface area contributed by atoms with Crippen LogP contribution >= 0.6 is 0 Å². The molecule has 1 aromatic rings. The summed E-state index contributed by atoms with van der Waals surface area (Å²) in [5.74, 6) is 0.491. The van der Waals surface area contributed by atoms with Crippen molar-refractivity contribution < 1.29 is 9.84 Å². The molecule has 1 aromatic heterocycles. The monoisotopic (exact) mass is 248 g/mol. The van der Waals surface area contributed by atoms with E-state index in [2.05, 4.69) is 9.97 Å². The molecule has 1 aliphatic rings. The molecule has 18 heavy (non-hydrogen) atoms. The van der Waals surface area contributed by atoms with Crippen LogP contribution in [0.25, 0.3) is 0 Å². The summed E-state index contributed by atoms with van der Waals surface area (Å²) in [6.07, 6.45) is 0.809. The molecule has 1 aliphatic heterocycles. The third-order valence-corrected chi connectivity index (χ3v) is 3.13. The van der Waals surface area contributed by atoms with Crippen LogP contribution in [0.5, 0.6) is 0 Å². The van der Waals surface area contributed by atoms with Gasteiger partial charge in [0.15, 0.2) is 0 Å². The lowest BCUT2D eigenvalue weighted by atomic mass is 10.2. The highest BCUT2D eigenvalue weighted by Crippen LogP contribution is 2.24. The van der Waals surface area contributed by atoms with Gasteiger partial charge in [0.1, 0.15) is 11.8 Å². The van der Waals surface area contributed by atoms with Crippen LogP contribution in [0.2, 0.25) is 0 Å². The lowest BCUT2D eigenvalue weighted by Crippen LogP contribution is -2.34. The van der Waals surface area contributed by atoms with Gasteiger partial charge in [-0.05, 0) is 19.4 Å². The molecule has 2 atom stereocenters. The third-order valence-electron chi connectivity index (χ3n) is 3.13. The largest absolute Gasteiger partial charge is 0.394 e. The topological polar surface area (TPSA) is 82.3 Å². The van der Waals surface area contributed by atoms with E-state index in [1.807, 2.05) is 17.9 Å². The van der Waals surface area contributed by atoms with Crippen LogP contribution < -0.4 is 4.90 Å². The van der Waals surface area contributed by atoms with Crippen LogP contribution in [-0.4, -0.2) is 47.5 Å². The summed E-state index contributed by atoms with van der Waals surface area (Å²) in [6, 6.07) is 3.61. The molecule has 2 rings (SSSR count). The first-order chi connectivity index (χ1) is 8.67. The van der Waals surface area contributed by atoms with E-state index in [1.54, 1.807) is 13.2 Å². The summed E-state index contributed by atoms with van der Waals surface area (Å²) in [4.78, 5) is 10.4. The fourth-order valence-electron chi connectivity index (χ4n) is 2.20. The second-order valence-corrected chi connectivity index (χ2v) is 4.39. The molecule has 0 radical (unpaired) electrons. The number of aromatic nitrogens is 2. The molecule has 1 N–H and O–H groups in total. The fourth-order valence-corrected chi connectivity index (χ4v) is 2.20. The van der Waals surface area contributed by atoms with Crippen molar-refractivity contribution in [1.82, 2.24) is 9.97 Å². The summed E-state index contributed by atoms with van der Waals surface area (Å²) in [5, 5.41) is 18.3. The fraction of sp³-hybridized carbons (Fsp3) is 0.583. The Morgan fingerprint density at radius 2 is 2.39 bits per heavy atom. The average Bonchev–Trinajstić information content (AvgIpc) is 2.81. The van der Waals surface area contributed by atoms with Gasteiger partial charge in [0.2, 0.25) is 5.95 Å². The van der Waals surface area contributed by atoms with Crippen molar-refractivity contribution in [3.63, 3.8) is 0 Å². The molecule has 0 saturated carbocycles. The van der Waals surface area contributed by atoms with E-state index in [-0.39, 0.29) is 18.8 Å². The van der Waals surface area contributed by atoms with Crippen molar-refractivity contribution in [2.75, 3.05) is 25.2 Å². The Bertz CT molecular complexity index is 472. The summed E-state index contributed by atoms with van der Waals surface area (Å²) >= 11 is 0. The molecule has 0 spiro atoms. The van der Waals surface area contributed by atoms with Crippen LogP contribution in [-0.2, 0) is 4.74 Å². The van der Waals surface area contributed by atoms with Gasteiger partial charge in [-0.1, -0.05) is 0 Å². The minimum Gasteiger partial charge on any atom is -0.394 e. The van der Waals surface area contributed by atoms with Crippen molar-refractivity contribution in [1.29, 1.82) is 5.26 Å². The Morgan fingerprint density at radius 3 is 3.00 bits per heavy atom. The molecule has 1 fully saturated rings. The number of aryl methyl sites for hydroxylation is 1. The number of anilines is 1. The smallest absolute Gasteiger partial charge is 0.227 e. The minimum atomic E-state index is -0.0525. The Kier molecular flexibility index (Phi) is 3.75. The van der Waals surface area contributed by atoms with Crippen molar-refractivity contribution in [3.8, 4) is 6.07 Å². The van der Waals surface area contributed by atoms with E-state index >= 15 is 0 Å². The number of rotatable bonds is 3. The normalized spacial score (nSPS) is 23.1. The number of methoxy groups -OCH3 is 1. The van der Waals surface area contributed by atoms with E-state index in [4.69, 9.17) is 10.00 Å². The Labute approximate surface area is 106 Å². The van der Waals surface area contributed by atoms with Crippen molar-refractivity contribution in [3.05, 3.63) is 17.5 Å². The van der Waals surface area contributed by atoms with Crippen molar-refractivity contribution in [2.24, 2.45) is 0 Å². The van der Waals surface area contributed by atoms with Crippen molar-refractivity contribution >= 4 is 5.95 Å². The van der Waals surface area contributed by atoms with E-state index < -0.39 is 0 Å². The highest BCUT2D eigenvalue weighted by Gasteiger charge is 2.33. The zero-order valence-corrected chi connectivity index (χ0v) is 10.5. The first-order valence-corrected chi connectivity index (χ1v) is 5.84. The minimum absolute atomic E-state index is 0.0268. The predicted molar refractivity (Wildman–Crippen MR) is 65.1 cm³/mol. The molecule has 0 aliphatic carbocycles. The van der Waals surface area contributed by atoms with Crippen LogP contribution in [0.3, 0.4) is 0 Å². The number of aliphatic hydroxyl groups is 1. The number of hydrogen-bond acceptors (Lipinski definition) is 6. The van der Waals surface area contributed by atoms with Gasteiger partial charge in [0.25, 0.3) is 0 Å². The number of hydrogen-bond donors (Lipinski definition) is 1. The van der Waals surface area contributed by atoms with E-state index in [0.717, 1.165) is 12.1 Å². The molecule has 0 amide bonds. The lowest BCUT2D eigenvalue weighted by Gasteiger charge is -2.22. The highest BCUT2D eigenvalue weighted by atomic mass is 16.5. The van der Waals surface area contributed by atoms with Gasteiger partial charge in [-0.3, -0.25) is 0 Å². The molecule has 0 aromatic carbocycles. The standard InChI is InChI=1S/C12H16N4O2/c1-8-3-9(5-13)15-12(14-8)16-6-11(18-2)4-10(16)7-17/h3,10-11,17H,4,6-7H2,1-2H3/t10-,11-/m0/s1. The van der Waals surface area contributed by atoms with Crippen molar-refractivity contribution in [2.45, 2.75) is 25.5 Å². The molecule has 1 saturated heterocycles. The zero-order chi connectivity index (χ0) is 13.1. The SMILES string of the molecule is CO[C@H]1C[C@@H](CO)N(c2nc(C)cc(C#N)n2)C1. The molecule has 96 valence electrons.